The van der Waals surface area contributed by atoms with Crippen LogP contribution >= 0.6 is 0 Å². The molecule has 0 aromatic heterocycles. The van der Waals surface area contributed by atoms with Gasteiger partial charge in [0.2, 0.25) is 0 Å². The number of anilines is 1. The van der Waals surface area contributed by atoms with Crippen molar-refractivity contribution in [3.63, 3.8) is 0 Å². The number of nitrogens with two attached hydrogens (primary N) is 1. The molecule has 4 nitrogen and oxygen atoms in total. The van der Waals surface area contributed by atoms with Crippen molar-refractivity contribution < 1.29 is 14.2 Å². The van der Waals surface area contributed by atoms with E-state index in [1.807, 2.05) is 6.92 Å². The van der Waals surface area contributed by atoms with Crippen molar-refractivity contribution in [3.8, 4) is 11.5 Å². The molecule has 0 aliphatic carbocycles. The molecule has 0 heterocycles. The topological polar surface area (TPSA) is 53.7 Å². The summed E-state index contributed by atoms with van der Waals surface area (Å²) in [4.78, 5) is 0. The zero-order valence-corrected chi connectivity index (χ0v) is 8.45. The Hall–Kier alpha value is -1.42. The van der Waals surface area contributed by atoms with E-state index in [-0.39, 0.29) is 6.79 Å². The van der Waals surface area contributed by atoms with Gasteiger partial charge in [-0.15, -0.1) is 0 Å². The van der Waals surface area contributed by atoms with Gasteiger partial charge in [-0.25, -0.2) is 0 Å². The lowest BCUT2D eigenvalue weighted by molar-refractivity contribution is 0.0227. The van der Waals surface area contributed by atoms with Gasteiger partial charge < -0.3 is 19.9 Å². The largest absolute Gasteiger partial charge is 0.497 e. The third kappa shape index (κ3) is 2.81. The smallest absolute Gasteiger partial charge is 0.189 e. The molecule has 0 saturated heterocycles. The van der Waals surface area contributed by atoms with Crippen LogP contribution < -0.4 is 15.2 Å². The SMILES string of the molecule is CCOCOc1cc(OC)ccc1N. The van der Waals surface area contributed by atoms with E-state index in [1.54, 1.807) is 25.3 Å². The summed E-state index contributed by atoms with van der Waals surface area (Å²) < 4.78 is 15.4. The van der Waals surface area contributed by atoms with E-state index >= 15 is 0 Å². The average Bonchev–Trinajstić information content (AvgIpc) is 2.21. The van der Waals surface area contributed by atoms with Crippen molar-refractivity contribution in [2.45, 2.75) is 6.92 Å². The second-order valence-corrected chi connectivity index (χ2v) is 2.66. The van der Waals surface area contributed by atoms with Gasteiger partial charge >= 0.3 is 0 Å². The molecule has 0 spiro atoms. The van der Waals surface area contributed by atoms with Gasteiger partial charge in [0.05, 0.1) is 12.8 Å². The van der Waals surface area contributed by atoms with Crippen molar-refractivity contribution in [1.82, 2.24) is 0 Å². The van der Waals surface area contributed by atoms with Gasteiger partial charge in [0.15, 0.2) is 6.79 Å². The highest BCUT2D eigenvalue weighted by molar-refractivity contribution is 5.55. The molecular weight excluding hydrogens is 182 g/mol. The third-order valence-corrected chi connectivity index (χ3v) is 1.72. The summed E-state index contributed by atoms with van der Waals surface area (Å²) in [7, 11) is 1.60. The lowest BCUT2D eigenvalue weighted by Gasteiger charge is -2.09. The molecule has 4 heteroatoms. The van der Waals surface area contributed by atoms with E-state index in [2.05, 4.69) is 0 Å². The Morgan fingerprint density at radius 2 is 2.14 bits per heavy atom. The molecule has 0 fully saturated rings. The number of benzene rings is 1. The second kappa shape index (κ2) is 5.34. The monoisotopic (exact) mass is 197 g/mol. The van der Waals surface area contributed by atoms with E-state index in [1.165, 1.54) is 0 Å². The van der Waals surface area contributed by atoms with Gasteiger partial charge in [0.1, 0.15) is 11.5 Å². The Balaban J connectivity index is 2.64. The summed E-state index contributed by atoms with van der Waals surface area (Å²) in [5.74, 6) is 1.29. The normalized spacial score (nSPS) is 9.86. The van der Waals surface area contributed by atoms with Crippen molar-refractivity contribution in [1.29, 1.82) is 0 Å². The first-order valence-corrected chi connectivity index (χ1v) is 4.42. The van der Waals surface area contributed by atoms with E-state index in [0.29, 0.717) is 23.8 Å². The van der Waals surface area contributed by atoms with E-state index < -0.39 is 0 Å². The Morgan fingerprint density at radius 1 is 1.36 bits per heavy atom. The quantitative estimate of drug-likeness (QED) is 0.443. The molecule has 1 aromatic rings. The van der Waals surface area contributed by atoms with E-state index in [0.717, 1.165) is 0 Å². The van der Waals surface area contributed by atoms with Crippen molar-refractivity contribution in [2.75, 3.05) is 26.2 Å². The molecule has 0 radical (unpaired) electrons. The van der Waals surface area contributed by atoms with Crippen LogP contribution in [0.1, 0.15) is 6.92 Å². The highest BCUT2D eigenvalue weighted by atomic mass is 16.7. The lowest BCUT2D eigenvalue weighted by Crippen LogP contribution is -2.04. The Morgan fingerprint density at radius 3 is 2.79 bits per heavy atom. The molecule has 0 bridgehead atoms. The first-order chi connectivity index (χ1) is 6.77. The molecule has 0 atom stereocenters. The molecule has 1 rings (SSSR count). The van der Waals surface area contributed by atoms with Crippen LogP contribution in [0, 0.1) is 0 Å². The number of hydrogen-bond donors (Lipinski definition) is 1. The molecule has 78 valence electrons. The second-order valence-electron chi connectivity index (χ2n) is 2.66. The Labute approximate surface area is 83.6 Å². The number of ether oxygens (including phenoxy) is 3. The maximum atomic E-state index is 5.69. The fourth-order valence-electron chi connectivity index (χ4n) is 0.955. The maximum absolute atomic E-state index is 5.69. The molecular formula is C10H15NO3. The summed E-state index contributed by atoms with van der Waals surface area (Å²) in [5.41, 5.74) is 6.26. The molecule has 0 amide bonds. The molecule has 0 aliphatic rings. The van der Waals surface area contributed by atoms with E-state index in [4.69, 9.17) is 19.9 Å². The Kier molecular flexibility index (Phi) is 4.07. The van der Waals surface area contributed by atoms with Gasteiger partial charge in [0, 0.05) is 12.7 Å². The first kappa shape index (κ1) is 10.7. The van der Waals surface area contributed by atoms with Crippen LogP contribution in [0.25, 0.3) is 0 Å². The number of nitrogen functional groups attached to an aromatic ring is 1. The van der Waals surface area contributed by atoms with Crippen LogP contribution in [0.3, 0.4) is 0 Å². The summed E-state index contributed by atoms with van der Waals surface area (Å²) in [6.07, 6.45) is 0. The highest BCUT2D eigenvalue weighted by Crippen LogP contribution is 2.26. The van der Waals surface area contributed by atoms with Crippen LogP contribution in [0.15, 0.2) is 18.2 Å². The predicted molar refractivity (Wildman–Crippen MR) is 54.5 cm³/mol. The van der Waals surface area contributed by atoms with Crippen LogP contribution in [-0.4, -0.2) is 20.5 Å². The molecule has 0 unspecified atom stereocenters. The van der Waals surface area contributed by atoms with Crippen molar-refractivity contribution in [2.24, 2.45) is 0 Å². The summed E-state index contributed by atoms with van der Waals surface area (Å²) >= 11 is 0. The third-order valence-electron chi connectivity index (χ3n) is 1.72. The Bertz CT molecular complexity index is 289. The molecule has 2 N–H and O–H groups in total. The lowest BCUT2D eigenvalue weighted by atomic mass is 10.3. The van der Waals surface area contributed by atoms with Gasteiger partial charge in [-0.2, -0.15) is 0 Å². The van der Waals surface area contributed by atoms with Gasteiger partial charge in [-0.3, -0.25) is 0 Å². The summed E-state index contributed by atoms with van der Waals surface area (Å²) in [6.45, 7) is 2.72. The first-order valence-electron chi connectivity index (χ1n) is 4.42. The van der Waals surface area contributed by atoms with Crippen LogP contribution in [0.4, 0.5) is 5.69 Å². The summed E-state index contributed by atoms with van der Waals surface area (Å²) in [5, 5.41) is 0. The van der Waals surface area contributed by atoms with Gasteiger partial charge in [0.25, 0.3) is 0 Å². The molecule has 14 heavy (non-hydrogen) atoms. The minimum Gasteiger partial charge on any atom is -0.497 e. The molecule has 0 aliphatic heterocycles. The highest BCUT2D eigenvalue weighted by Gasteiger charge is 2.01. The van der Waals surface area contributed by atoms with Crippen LogP contribution in [-0.2, 0) is 4.74 Å². The number of methoxy groups -OCH3 is 1. The zero-order chi connectivity index (χ0) is 10.4. The minimum atomic E-state index is 0.202. The molecule has 1 aromatic carbocycles. The fourth-order valence-corrected chi connectivity index (χ4v) is 0.955. The summed E-state index contributed by atoms with van der Waals surface area (Å²) in [6, 6.07) is 5.25. The van der Waals surface area contributed by atoms with Gasteiger partial charge in [-0.05, 0) is 19.1 Å². The number of hydrogen-bond acceptors (Lipinski definition) is 4. The predicted octanol–water partition coefficient (Wildman–Crippen LogP) is 1.65. The van der Waals surface area contributed by atoms with Crippen molar-refractivity contribution in [3.05, 3.63) is 18.2 Å². The van der Waals surface area contributed by atoms with Crippen LogP contribution in [0.5, 0.6) is 11.5 Å². The minimum absolute atomic E-state index is 0.202. The molecule has 0 saturated carbocycles. The van der Waals surface area contributed by atoms with E-state index in [9.17, 15) is 0 Å². The number of rotatable bonds is 5. The maximum Gasteiger partial charge on any atom is 0.189 e. The van der Waals surface area contributed by atoms with Crippen molar-refractivity contribution >= 4 is 5.69 Å². The zero-order valence-electron chi connectivity index (χ0n) is 8.45. The fraction of sp³-hybridized carbons (Fsp3) is 0.400. The average molecular weight is 197 g/mol. The van der Waals surface area contributed by atoms with Gasteiger partial charge in [-0.1, -0.05) is 0 Å². The van der Waals surface area contributed by atoms with Crippen LogP contribution in [0.2, 0.25) is 0 Å². The standard InChI is InChI=1S/C10H15NO3/c1-3-13-7-14-10-6-8(12-2)4-5-9(10)11/h4-6H,3,7,11H2,1-2H3.